The quantitative estimate of drug-likeness (QED) is 0.549. The summed E-state index contributed by atoms with van der Waals surface area (Å²) in [6.07, 6.45) is 3.13. The van der Waals surface area contributed by atoms with E-state index in [9.17, 15) is 9.59 Å². The zero-order valence-corrected chi connectivity index (χ0v) is 18.4. The molecule has 4 atom stereocenters. The van der Waals surface area contributed by atoms with Crippen LogP contribution in [0.25, 0.3) is 22.8 Å². The lowest BCUT2D eigenvalue weighted by atomic mass is 9.81. The summed E-state index contributed by atoms with van der Waals surface area (Å²) in [6, 6.07) is 12.6. The standard InChI is InChI=1S/C25H23N3O5/c1-31-18-9-8-15(12-19(18)32-2)22-26-23(33-27-22)16-4-3-5-17(11-16)28-24(29)20-13-6-7-14(10-13)21(20)25(28)30/h3-5,8-9,11-14,20-21H,6-7,10H2,1-2H3/t13-,14+,20-,21+. The second-order valence-electron chi connectivity index (χ2n) is 8.94. The van der Waals surface area contributed by atoms with Crippen LogP contribution >= 0.6 is 0 Å². The van der Waals surface area contributed by atoms with Crippen molar-refractivity contribution >= 4 is 17.5 Å². The van der Waals surface area contributed by atoms with Gasteiger partial charge in [0.1, 0.15) is 0 Å². The van der Waals surface area contributed by atoms with Gasteiger partial charge in [0.05, 0.1) is 31.7 Å². The molecule has 0 spiro atoms. The van der Waals surface area contributed by atoms with Gasteiger partial charge in [0.25, 0.3) is 5.89 Å². The minimum Gasteiger partial charge on any atom is -0.493 e. The average molecular weight is 445 g/mol. The topological polar surface area (TPSA) is 94.8 Å². The van der Waals surface area contributed by atoms with Crippen LogP contribution in [-0.4, -0.2) is 36.2 Å². The first-order chi connectivity index (χ1) is 16.1. The lowest BCUT2D eigenvalue weighted by Crippen LogP contribution is -2.32. The fourth-order valence-electron chi connectivity index (χ4n) is 5.87. The summed E-state index contributed by atoms with van der Waals surface area (Å²) in [5.41, 5.74) is 1.92. The van der Waals surface area contributed by atoms with Crippen LogP contribution in [0.5, 0.6) is 11.5 Å². The highest BCUT2D eigenvalue weighted by molar-refractivity contribution is 6.22. The number of anilines is 1. The zero-order chi connectivity index (χ0) is 22.7. The summed E-state index contributed by atoms with van der Waals surface area (Å²) in [7, 11) is 3.14. The molecule has 2 aromatic carbocycles. The molecule has 2 amide bonds. The Balaban J connectivity index is 1.30. The number of rotatable bonds is 5. The van der Waals surface area contributed by atoms with Crippen LogP contribution in [0.1, 0.15) is 19.3 Å². The van der Waals surface area contributed by atoms with Crippen LogP contribution in [0.15, 0.2) is 47.0 Å². The first-order valence-electron chi connectivity index (χ1n) is 11.1. The molecule has 1 aromatic heterocycles. The average Bonchev–Trinajstić information content (AvgIpc) is 3.63. The van der Waals surface area contributed by atoms with Crippen LogP contribution in [0.2, 0.25) is 0 Å². The van der Waals surface area contributed by atoms with E-state index in [1.54, 1.807) is 44.6 Å². The normalized spacial score (nSPS) is 25.6. The molecule has 3 fully saturated rings. The summed E-state index contributed by atoms with van der Waals surface area (Å²) in [5.74, 6) is 2.15. The lowest BCUT2D eigenvalue weighted by molar-refractivity contribution is -0.123. The van der Waals surface area contributed by atoms with Crippen molar-refractivity contribution < 1.29 is 23.6 Å². The molecular weight excluding hydrogens is 422 g/mol. The van der Waals surface area contributed by atoms with E-state index in [2.05, 4.69) is 10.1 Å². The SMILES string of the molecule is COc1ccc(-c2noc(-c3cccc(N4C(=O)[C@@H]5[C@@H]6CC[C@@H](C6)[C@@H]5C4=O)c3)n2)cc1OC. The van der Waals surface area contributed by atoms with Crippen LogP contribution in [-0.2, 0) is 9.59 Å². The Morgan fingerprint density at radius 3 is 2.33 bits per heavy atom. The number of fused-ring (bicyclic) bond motifs is 5. The number of amides is 2. The second kappa shape index (κ2) is 7.43. The Hall–Kier alpha value is -3.68. The molecule has 168 valence electrons. The Morgan fingerprint density at radius 1 is 0.909 bits per heavy atom. The predicted molar refractivity (Wildman–Crippen MR) is 119 cm³/mol. The van der Waals surface area contributed by atoms with Gasteiger partial charge in [0, 0.05) is 11.1 Å². The fraction of sp³-hybridized carbons (Fsp3) is 0.360. The molecule has 2 bridgehead atoms. The zero-order valence-electron chi connectivity index (χ0n) is 18.4. The summed E-state index contributed by atoms with van der Waals surface area (Å²) in [4.78, 5) is 32.2. The first kappa shape index (κ1) is 20.0. The van der Waals surface area contributed by atoms with E-state index in [-0.39, 0.29) is 23.7 Å². The molecule has 2 aliphatic carbocycles. The Bertz CT molecular complexity index is 1240. The molecule has 3 aromatic rings. The molecule has 1 aliphatic heterocycles. The van der Waals surface area contributed by atoms with E-state index in [1.807, 2.05) is 12.1 Å². The molecule has 2 saturated carbocycles. The molecule has 8 heteroatoms. The van der Waals surface area contributed by atoms with E-state index >= 15 is 0 Å². The van der Waals surface area contributed by atoms with Gasteiger partial charge < -0.3 is 14.0 Å². The van der Waals surface area contributed by atoms with Gasteiger partial charge in [-0.05, 0) is 67.5 Å². The number of hydrogen-bond donors (Lipinski definition) is 0. The van der Waals surface area contributed by atoms with Crippen molar-refractivity contribution in [1.29, 1.82) is 0 Å². The molecule has 0 N–H and O–H groups in total. The number of methoxy groups -OCH3 is 2. The molecule has 1 saturated heterocycles. The fourth-order valence-corrected chi connectivity index (χ4v) is 5.87. The Kier molecular flexibility index (Phi) is 4.50. The maximum atomic E-state index is 13.2. The maximum Gasteiger partial charge on any atom is 0.258 e. The van der Waals surface area contributed by atoms with Crippen molar-refractivity contribution in [3.63, 3.8) is 0 Å². The minimum absolute atomic E-state index is 0.0640. The van der Waals surface area contributed by atoms with Crippen molar-refractivity contribution in [3.05, 3.63) is 42.5 Å². The Labute approximate surface area is 190 Å². The van der Waals surface area contributed by atoms with Gasteiger partial charge in [-0.2, -0.15) is 4.98 Å². The van der Waals surface area contributed by atoms with Crippen molar-refractivity contribution in [2.75, 3.05) is 19.1 Å². The summed E-state index contributed by atoms with van der Waals surface area (Å²) in [5, 5.41) is 4.10. The number of carbonyl (C=O) groups is 2. The van der Waals surface area contributed by atoms with Gasteiger partial charge in [-0.25, -0.2) is 0 Å². The number of hydrogen-bond acceptors (Lipinski definition) is 7. The summed E-state index contributed by atoms with van der Waals surface area (Å²) < 4.78 is 16.1. The number of ether oxygens (including phenoxy) is 2. The molecule has 6 rings (SSSR count). The highest BCUT2D eigenvalue weighted by Gasteiger charge is 2.61. The van der Waals surface area contributed by atoms with Gasteiger partial charge in [-0.1, -0.05) is 11.2 Å². The second-order valence-corrected chi connectivity index (χ2v) is 8.94. The third-order valence-electron chi connectivity index (χ3n) is 7.35. The van der Waals surface area contributed by atoms with E-state index in [1.165, 1.54) is 4.90 Å². The number of aromatic nitrogens is 2. The molecule has 2 heterocycles. The minimum atomic E-state index is -0.153. The molecule has 0 radical (unpaired) electrons. The first-order valence-corrected chi connectivity index (χ1v) is 11.1. The smallest absolute Gasteiger partial charge is 0.258 e. The highest BCUT2D eigenvalue weighted by atomic mass is 16.5. The maximum absolute atomic E-state index is 13.2. The van der Waals surface area contributed by atoms with Gasteiger partial charge in [-0.15, -0.1) is 0 Å². The predicted octanol–water partition coefficient (Wildman–Crippen LogP) is 3.96. The van der Waals surface area contributed by atoms with Crippen LogP contribution in [0.3, 0.4) is 0 Å². The summed E-state index contributed by atoms with van der Waals surface area (Å²) in [6.45, 7) is 0. The largest absolute Gasteiger partial charge is 0.493 e. The van der Waals surface area contributed by atoms with Crippen LogP contribution in [0, 0.1) is 23.7 Å². The van der Waals surface area contributed by atoms with Crippen molar-refractivity contribution in [2.24, 2.45) is 23.7 Å². The van der Waals surface area contributed by atoms with Crippen molar-refractivity contribution in [1.82, 2.24) is 10.1 Å². The van der Waals surface area contributed by atoms with Gasteiger partial charge >= 0.3 is 0 Å². The molecule has 3 aliphatic rings. The number of benzene rings is 2. The number of imide groups is 1. The molecular formula is C25H23N3O5. The van der Waals surface area contributed by atoms with Gasteiger partial charge in [-0.3, -0.25) is 14.5 Å². The number of carbonyl (C=O) groups excluding carboxylic acids is 2. The van der Waals surface area contributed by atoms with E-state index in [0.29, 0.717) is 51.9 Å². The summed E-state index contributed by atoms with van der Waals surface area (Å²) >= 11 is 0. The van der Waals surface area contributed by atoms with E-state index in [4.69, 9.17) is 14.0 Å². The van der Waals surface area contributed by atoms with Gasteiger partial charge in [0.2, 0.25) is 17.6 Å². The van der Waals surface area contributed by atoms with E-state index in [0.717, 1.165) is 19.3 Å². The highest BCUT2D eigenvalue weighted by Crippen LogP contribution is 2.56. The van der Waals surface area contributed by atoms with E-state index < -0.39 is 0 Å². The number of nitrogens with zero attached hydrogens (tertiary/aromatic N) is 3. The third kappa shape index (κ3) is 2.97. The van der Waals surface area contributed by atoms with Crippen molar-refractivity contribution in [2.45, 2.75) is 19.3 Å². The Morgan fingerprint density at radius 2 is 1.64 bits per heavy atom. The van der Waals surface area contributed by atoms with Crippen molar-refractivity contribution in [3.8, 4) is 34.3 Å². The molecule has 33 heavy (non-hydrogen) atoms. The van der Waals surface area contributed by atoms with Gasteiger partial charge in [0.15, 0.2) is 11.5 Å². The third-order valence-corrected chi connectivity index (χ3v) is 7.35. The molecule has 0 unspecified atom stereocenters. The van der Waals surface area contributed by atoms with Crippen LogP contribution < -0.4 is 14.4 Å². The molecule has 8 nitrogen and oxygen atoms in total. The van der Waals surface area contributed by atoms with Crippen LogP contribution in [0.4, 0.5) is 5.69 Å². The lowest BCUT2D eigenvalue weighted by Gasteiger charge is -2.19. The monoisotopic (exact) mass is 445 g/mol.